The van der Waals surface area contributed by atoms with E-state index < -0.39 is 0 Å². The van der Waals surface area contributed by atoms with E-state index in [2.05, 4.69) is 29.6 Å². The van der Waals surface area contributed by atoms with Gasteiger partial charge in [0.05, 0.1) is 6.54 Å². The van der Waals surface area contributed by atoms with Gasteiger partial charge in [-0.2, -0.15) is 0 Å². The zero-order valence-corrected chi connectivity index (χ0v) is 13.1. The van der Waals surface area contributed by atoms with Crippen molar-refractivity contribution in [2.24, 2.45) is 0 Å². The van der Waals surface area contributed by atoms with E-state index in [-0.39, 0.29) is 0 Å². The maximum atomic E-state index is 6.01. The minimum atomic E-state index is 0.727. The highest BCUT2D eigenvalue weighted by Gasteiger charge is 2.06. The van der Waals surface area contributed by atoms with Crippen molar-refractivity contribution in [2.75, 3.05) is 6.54 Å². The molecular weight excluding hydrogens is 294 g/mol. The van der Waals surface area contributed by atoms with Crippen molar-refractivity contribution < 1.29 is 9.73 Å². The van der Waals surface area contributed by atoms with E-state index in [1.807, 2.05) is 42.5 Å². The maximum Gasteiger partial charge on any atom is 0.158 e. The first-order chi connectivity index (χ1) is 10.8. The van der Waals surface area contributed by atoms with Gasteiger partial charge in [0.2, 0.25) is 0 Å². The van der Waals surface area contributed by atoms with Gasteiger partial charge in [0.15, 0.2) is 5.76 Å². The van der Waals surface area contributed by atoms with Crippen LogP contribution in [0, 0.1) is 0 Å². The van der Waals surface area contributed by atoms with Crippen molar-refractivity contribution in [3.8, 4) is 11.3 Å². The summed E-state index contributed by atoms with van der Waals surface area (Å²) in [6.45, 7) is 1.91. The Morgan fingerprint density at radius 1 is 0.909 bits per heavy atom. The van der Waals surface area contributed by atoms with Gasteiger partial charge in [-0.15, -0.1) is 0 Å². The van der Waals surface area contributed by atoms with Crippen molar-refractivity contribution in [1.82, 2.24) is 0 Å². The van der Waals surface area contributed by atoms with Crippen LogP contribution in [0.15, 0.2) is 71.1 Å². The predicted molar refractivity (Wildman–Crippen MR) is 89.8 cm³/mol. The summed E-state index contributed by atoms with van der Waals surface area (Å²) in [7, 11) is 0. The third-order valence-electron chi connectivity index (χ3n) is 3.60. The van der Waals surface area contributed by atoms with Crippen LogP contribution in [0.25, 0.3) is 11.3 Å². The van der Waals surface area contributed by atoms with Crippen molar-refractivity contribution in [1.29, 1.82) is 0 Å². The fourth-order valence-electron chi connectivity index (χ4n) is 2.44. The Bertz CT molecular complexity index is 721. The average Bonchev–Trinajstić information content (AvgIpc) is 3.02. The van der Waals surface area contributed by atoms with Gasteiger partial charge in [0, 0.05) is 17.0 Å². The first kappa shape index (κ1) is 14.9. The molecule has 0 aliphatic heterocycles. The number of benzene rings is 2. The SMILES string of the molecule is Clc1cccc(-c2ccc(C[NH2+]CCc3ccccc3)o2)c1. The van der Waals surface area contributed by atoms with E-state index in [1.54, 1.807) is 0 Å². The lowest BCUT2D eigenvalue weighted by molar-refractivity contribution is -0.671. The summed E-state index contributed by atoms with van der Waals surface area (Å²) in [5.74, 6) is 1.86. The summed E-state index contributed by atoms with van der Waals surface area (Å²) >= 11 is 6.01. The smallest absolute Gasteiger partial charge is 0.158 e. The molecule has 1 heterocycles. The predicted octanol–water partition coefficient (Wildman–Crippen LogP) is 3.91. The molecule has 2 N–H and O–H groups in total. The van der Waals surface area contributed by atoms with Crippen LogP contribution < -0.4 is 5.32 Å². The van der Waals surface area contributed by atoms with Crippen molar-refractivity contribution >= 4 is 11.6 Å². The largest absolute Gasteiger partial charge is 0.455 e. The number of rotatable bonds is 6. The lowest BCUT2D eigenvalue weighted by Gasteiger charge is -2.01. The fraction of sp³-hybridized carbons (Fsp3) is 0.158. The summed E-state index contributed by atoms with van der Waals surface area (Å²) in [6.07, 6.45) is 1.07. The molecule has 0 bridgehead atoms. The second kappa shape index (κ2) is 7.30. The molecule has 0 amide bonds. The van der Waals surface area contributed by atoms with Crippen LogP contribution in [0.2, 0.25) is 5.02 Å². The zero-order valence-electron chi connectivity index (χ0n) is 12.3. The minimum absolute atomic E-state index is 0.727. The normalized spacial score (nSPS) is 10.8. The summed E-state index contributed by atoms with van der Waals surface area (Å²) < 4.78 is 5.89. The lowest BCUT2D eigenvalue weighted by atomic mass is 10.1. The van der Waals surface area contributed by atoms with Gasteiger partial charge in [-0.3, -0.25) is 0 Å². The number of hydrogen-bond acceptors (Lipinski definition) is 1. The van der Waals surface area contributed by atoms with Crippen LogP contribution in [0.4, 0.5) is 0 Å². The summed E-state index contributed by atoms with van der Waals surface area (Å²) in [6, 6.07) is 22.3. The maximum absolute atomic E-state index is 6.01. The van der Waals surface area contributed by atoms with Gasteiger partial charge < -0.3 is 9.73 Å². The third-order valence-corrected chi connectivity index (χ3v) is 3.83. The van der Waals surface area contributed by atoms with E-state index in [4.69, 9.17) is 16.0 Å². The van der Waals surface area contributed by atoms with Crippen LogP contribution in [-0.2, 0) is 13.0 Å². The van der Waals surface area contributed by atoms with Gasteiger partial charge in [0.1, 0.15) is 12.3 Å². The van der Waals surface area contributed by atoms with Crippen LogP contribution in [0.3, 0.4) is 0 Å². The average molecular weight is 313 g/mol. The second-order valence-corrected chi connectivity index (χ2v) is 5.73. The second-order valence-electron chi connectivity index (χ2n) is 5.29. The Morgan fingerprint density at radius 3 is 2.59 bits per heavy atom. The molecule has 0 spiro atoms. The fourth-order valence-corrected chi connectivity index (χ4v) is 2.63. The van der Waals surface area contributed by atoms with E-state index >= 15 is 0 Å². The summed E-state index contributed by atoms with van der Waals surface area (Å²) in [5.41, 5.74) is 2.39. The first-order valence-electron chi connectivity index (χ1n) is 7.51. The monoisotopic (exact) mass is 312 g/mol. The Morgan fingerprint density at radius 2 is 1.77 bits per heavy atom. The van der Waals surface area contributed by atoms with Crippen LogP contribution in [-0.4, -0.2) is 6.54 Å². The minimum Gasteiger partial charge on any atom is -0.455 e. The van der Waals surface area contributed by atoms with Gasteiger partial charge in [-0.05, 0) is 29.8 Å². The number of furan rings is 1. The molecule has 0 fully saturated rings. The molecule has 3 rings (SSSR count). The molecule has 3 heteroatoms. The Labute approximate surface area is 135 Å². The molecule has 0 aliphatic rings. The lowest BCUT2D eigenvalue weighted by Crippen LogP contribution is -2.83. The molecule has 22 heavy (non-hydrogen) atoms. The third kappa shape index (κ3) is 4.00. The highest BCUT2D eigenvalue weighted by atomic mass is 35.5. The zero-order chi connectivity index (χ0) is 15.2. The molecular formula is C19H19ClNO+. The molecule has 2 aromatic carbocycles. The molecule has 2 nitrogen and oxygen atoms in total. The van der Waals surface area contributed by atoms with Crippen LogP contribution in [0.1, 0.15) is 11.3 Å². The molecule has 0 aliphatic carbocycles. The van der Waals surface area contributed by atoms with E-state index in [0.29, 0.717) is 0 Å². The number of hydrogen-bond donors (Lipinski definition) is 1. The van der Waals surface area contributed by atoms with E-state index in [1.165, 1.54) is 5.56 Å². The molecule has 0 radical (unpaired) electrons. The molecule has 0 saturated heterocycles. The van der Waals surface area contributed by atoms with E-state index in [0.717, 1.165) is 41.6 Å². The van der Waals surface area contributed by atoms with Crippen LogP contribution >= 0.6 is 11.6 Å². The molecule has 1 aromatic heterocycles. The number of halogens is 1. The molecule has 112 valence electrons. The van der Waals surface area contributed by atoms with Crippen molar-refractivity contribution in [2.45, 2.75) is 13.0 Å². The highest BCUT2D eigenvalue weighted by Crippen LogP contribution is 2.24. The van der Waals surface area contributed by atoms with Crippen LogP contribution in [0.5, 0.6) is 0 Å². The number of quaternary nitrogens is 1. The van der Waals surface area contributed by atoms with Gasteiger partial charge >= 0.3 is 0 Å². The van der Waals surface area contributed by atoms with E-state index in [9.17, 15) is 0 Å². The molecule has 0 unspecified atom stereocenters. The quantitative estimate of drug-likeness (QED) is 0.687. The standard InChI is InChI=1S/C19H18ClNO/c20-17-8-4-7-16(13-17)19-10-9-18(22-19)14-21-12-11-15-5-2-1-3-6-15/h1-10,13,21H,11-12,14H2/p+1. The van der Waals surface area contributed by atoms with Crippen molar-refractivity contribution in [3.63, 3.8) is 0 Å². The van der Waals surface area contributed by atoms with Gasteiger partial charge in [0.25, 0.3) is 0 Å². The number of nitrogens with two attached hydrogens (primary N) is 1. The topological polar surface area (TPSA) is 29.8 Å². The Balaban J connectivity index is 1.52. The highest BCUT2D eigenvalue weighted by molar-refractivity contribution is 6.30. The molecule has 3 aromatic rings. The molecule has 0 atom stereocenters. The van der Waals surface area contributed by atoms with Gasteiger partial charge in [-0.25, -0.2) is 0 Å². The summed E-state index contributed by atoms with van der Waals surface area (Å²) in [5, 5.41) is 3.00. The van der Waals surface area contributed by atoms with Crippen molar-refractivity contribution in [3.05, 3.63) is 83.1 Å². The Hall–Kier alpha value is -2.03. The van der Waals surface area contributed by atoms with Gasteiger partial charge in [-0.1, -0.05) is 54.1 Å². The Kier molecular flexibility index (Phi) is 4.94. The molecule has 0 saturated carbocycles. The summed E-state index contributed by atoms with van der Waals surface area (Å²) in [4.78, 5) is 0. The first-order valence-corrected chi connectivity index (χ1v) is 7.89.